The van der Waals surface area contributed by atoms with Crippen molar-refractivity contribution in [2.75, 3.05) is 17.0 Å². The number of aromatic nitrogens is 3. The van der Waals surface area contributed by atoms with Crippen LogP contribution in [-0.4, -0.2) is 33.9 Å². The molecule has 0 radical (unpaired) electrons. The average molecular weight is 1270 g/mol. The predicted molar refractivity (Wildman–Crippen MR) is 316 cm³/mol. The van der Waals surface area contributed by atoms with Gasteiger partial charge in [-0.2, -0.15) is 4.70 Å². The number of nitrogens with zero attached hydrogens (tertiary/aromatic N) is 6. The third-order valence-corrected chi connectivity index (χ3v) is 15.1. The number of furan rings is 1. The number of hydrazone groups is 2. The first kappa shape index (κ1) is 79.4. The van der Waals surface area contributed by atoms with Gasteiger partial charge in [-0.05, 0) is 67.8 Å². The van der Waals surface area contributed by atoms with Crippen LogP contribution in [0.25, 0.3) is 52.4 Å². The van der Waals surface area contributed by atoms with Gasteiger partial charge in [0.15, 0.2) is 5.76 Å². The van der Waals surface area contributed by atoms with Crippen molar-refractivity contribution in [3.8, 4) is 10.8 Å². The molecule has 10 rings (SSSR count). The Morgan fingerprint density at radius 2 is 1.19 bits per heavy atom. The zero-order chi connectivity index (χ0) is 52.6. The Morgan fingerprint density at radius 3 is 1.75 bits per heavy atom. The molecule has 0 aliphatic heterocycles. The molecule has 0 unspecified atom stereocenters. The number of anilines is 2. The normalized spacial score (nSPS) is 11.3. The molecule has 80 heavy (non-hydrogen) atoms. The molecular weight excluding hydrogens is 1200 g/mol. The summed E-state index contributed by atoms with van der Waals surface area (Å²) in [7, 11) is 0. The first-order valence-corrected chi connectivity index (χ1v) is 27.7. The summed E-state index contributed by atoms with van der Waals surface area (Å²) in [6.45, 7) is 26.9. The molecular formula is C63H65K6N7OS3. The van der Waals surface area contributed by atoms with E-state index in [0.717, 1.165) is 98.7 Å². The molecule has 0 aliphatic carbocycles. The molecule has 382 valence electrons. The first-order chi connectivity index (χ1) is 35.3. The van der Waals surface area contributed by atoms with E-state index in [2.05, 4.69) is 177 Å². The number of benzene rings is 6. The van der Waals surface area contributed by atoms with Crippen LogP contribution in [0.1, 0.15) is 134 Å². The number of fused-ring (bicyclic) bond motifs is 4. The summed E-state index contributed by atoms with van der Waals surface area (Å²) in [6.07, 6.45) is 8.42. The van der Waals surface area contributed by atoms with Crippen LogP contribution in [0.2, 0.25) is 0 Å². The minimum Gasteiger partial charge on any atom is -0.454 e. The zero-order valence-corrected chi connectivity index (χ0v) is 71.9. The molecule has 8 nitrogen and oxygen atoms in total. The second kappa shape index (κ2) is 37.6. The minimum atomic E-state index is 0. The maximum atomic E-state index is 6.06. The summed E-state index contributed by atoms with van der Waals surface area (Å²) < 4.78 is 9.43. The van der Waals surface area contributed by atoms with Crippen LogP contribution in [0.4, 0.5) is 10.3 Å². The van der Waals surface area contributed by atoms with E-state index in [0.29, 0.717) is 0 Å². The van der Waals surface area contributed by atoms with Crippen molar-refractivity contribution < 1.29 is 313 Å². The molecule has 0 atom stereocenters. The van der Waals surface area contributed by atoms with Gasteiger partial charge in [0.2, 0.25) is 10.3 Å². The van der Waals surface area contributed by atoms with Crippen molar-refractivity contribution in [2.24, 2.45) is 10.2 Å². The third kappa shape index (κ3) is 23.5. The summed E-state index contributed by atoms with van der Waals surface area (Å²) in [4.78, 5) is 14.0. The molecule has 0 fully saturated rings. The molecule has 0 aliphatic rings. The number of para-hydroxylation sites is 2. The topological polar surface area (TPSA) is 91.8 Å². The van der Waals surface area contributed by atoms with Gasteiger partial charge in [-0.25, -0.2) is 58.8 Å². The van der Waals surface area contributed by atoms with Gasteiger partial charge >= 0.3 is 308 Å². The largest absolute Gasteiger partial charge is 1.00 e. The van der Waals surface area contributed by atoms with Crippen LogP contribution >= 0.6 is 34.0 Å². The average Bonchev–Trinajstić information content (AvgIpc) is 4.18. The van der Waals surface area contributed by atoms with Crippen LogP contribution in [0, 0.1) is 50.2 Å². The van der Waals surface area contributed by atoms with Gasteiger partial charge in [0.1, 0.15) is 10.6 Å². The monoisotopic (exact) mass is 1270 g/mol. The first-order valence-electron chi connectivity index (χ1n) is 25.3. The Bertz CT molecular complexity index is 3470. The van der Waals surface area contributed by atoms with Crippen molar-refractivity contribution >= 4 is 98.3 Å². The number of hydrogen-bond donors (Lipinski definition) is 1. The quantitative estimate of drug-likeness (QED) is 0.0585. The van der Waals surface area contributed by atoms with Crippen LogP contribution < -0.4 is 319 Å². The van der Waals surface area contributed by atoms with Crippen LogP contribution in [0.3, 0.4) is 0 Å². The third-order valence-electron chi connectivity index (χ3n) is 12.1. The van der Waals surface area contributed by atoms with E-state index in [1.54, 1.807) is 40.2 Å². The number of unbranched alkanes of at least 4 members (excludes halogenated alkanes) is 3. The smallest absolute Gasteiger partial charge is 0.454 e. The van der Waals surface area contributed by atoms with Crippen molar-refractivity contribution in [3.63, 3.8) is 0 Å². The second-order valence-corrected chi connectivity index (χ2v) is 24.6. The summed E-state index contributed by atoms with van der Waals surface area (Å²) in [6, 6.07) is 52.5. The zero-order valence-electron chi connectivity index (χ0n) is 50.7. The van der Waals surface area contributed by atoms with E-state index in [9.17, 15) is 0 Å². The summed E-state index contributed by atoms with van der Waals surface area (Å²) >= 11 is 4.88. The van der Waals surface area contributed by atoms with Crippen molar-refractivity contribution in [1.82, 2.24) is 15.0 Å². The van der Waals surface area contributed by atoms with E-state index in [4.69, 9.17) is 19.5 Å². The summed E-state index contributed by atoms with van der Waals surface area (Å²) in [5, 5.41) is 14.8. The summed E-state index contributed by atoms with van der Waals surface area (Å²) in [5.41, 5.74) is 14.7. The maximum Gasteiger partial charge on any atom is 1.00 e. The molecule has 4 aromatic heterocycles. The van der Waals surface area contributed by atoms with Gasteiger partial charge in [0.05, 0.1) is 20.4 Å². The minimum absolute atomic E-state index is 0. The van der Waals surface area contributed by atoms with Crippen molar-refractivity contribution in [3.05, 3.63) is 172 Å². The van der Waals surface area contributed by atoms with Gasteiger partial charge in [0.25, 0.3) is 0 Å². The van der Waals surface area contributed by atoms with E-state index in [1.807, 2.05) is 65.8 Å². The van der Waals surface area contributed by atoms with E-state index < -0.39 is 0 Å². The Kier molecular flexibility index (Phi) is 37.3. The van der Waals surface area contributed by atoms with E-state index in [1.165, 1.54) is 35.1 Å². The maximum absolute atomic E-state index is 6.06. The van der Waals surface area contributed by atoms with Crippen LogP contribution in [0.5, 0.6) is 0 Å². The predicted octanol–water partition coefficient (Wildman–Crippen LogP) is -0.497. The molecule has 4 heterocycles. The van der Waals surface area contributed by atoms with Crippen molar-refractivity contribution in [2.45, 2.75) is 125 Å². The molecule has 6 aromatic carbocycles. The molecule has 1 N–H and O–H groups in total. The number of aryl methyl sites for hydroxylation is 2. The molecule has 0 spiro atoms. The number of thiazole rings is 3. The Labute approximate surface area is 743 Å². The molecule has 0 saturated heterocycles. The van der Waals surface area contributed by atoms with Crippen molar-refractivity contribution in [1.29, 1.82) is 0 Å². The number of hydrogen-bond acceptors (Lipinski definition) is 11. The van der Waals surface area contributed by atoms with E-state index >= 15 is 0 Å². The Morgan fingerprint density at radius 1 is 0.613 bits per heavy atom. The molecule has 0 bridgehead atoms. The van der Waals surface area contributed by atoms with Gasteiger partial charge < -0.3 is 9.40 Å². The summed E-state index contributed by atoms with van der Waals surface area (Å²) in [5.74, 6) is 0.819. The SMILES string of the molecule is CC(C)(C)c1[c-]cc(/C=N/Nc2nc3ccccc3s2)[c-]c1.CCCCCCN(/N=C/c1[c-]cc(C(C)(C)C)[c-]c1)c1nc2ccccc2s1.Cc1cc(C)c2cc(-c3nc4[c-]c(C(C)(C)C)c[c-]c4s3)oc2c1.[K+].[K+].[K+].[K+].[K+].[K+]. The molecule has 17 heteroatoms. The van der Waals surface area contributed by atoms with Gasteiger partial charge in [-0.3, -0.25) is 77.7 Å². The Hall–Kier alpha value is 3.29. The fourth-order valence-corrected chi connectivity index (χ4v) is 10.4. The van der Waals surface area contributed by atoms with Crippen LogP contribution in [0.15, 0.2) is 112 Å². The second-order valence-electron chi connectivity index (χ2n) is 21.5. The van der Waals surface area contributed by atoms with Gasteiger partial charge in [0, 0.05) is 11.9 Å². The van der Waals surface area contributed by atoms with Gasteiger partial charge in [-0.1, -0.05) is 170 Å². The molecule has 0 saturated carbocycles. The van der Waals surface area contributed by atoms with Gasteiger partial charge in [-0.15, -0.1) is 5.52 Å². The van der Waals surface area contributed by atoms with E-state index in [-0.39, 0.29) is 325 Å². The standard InChI is InChI=1S/C24H29N3S.C21H19NOS.C18H17N3S.6K/c1-5-6-7-10-17-27(23-26-21-11-8-9-12-22(21)28-23)25-18-19-13-15-20(16-14-19)24(2,3)4;1-12-8-13(2)15-11-18(23-17(15)9-12)20-22-16-10-14(21(3,4)5)6-7-19(16)24-20;1-18(2,3)14-10-8-13(9-11-14)12-19-21-17-20-15-6-4-5-7-16(15)22-17;;;;;;/h8-9,11-13,16,18H,5-7,10,17H2,1-4H3;6,8-9,11H,1-5H3;4-8,11-12H,1-3H3,(H,20,21);;;;;;/q3*-2;6*+1/b25-18+;;19-12+;;;;;;. The fourth-order valence-electron chi connectivity index (χ4n) is 7.78. The fraction of sp³-hybridized carbons (Fsp3) is 0.317. The number of nitrogens with one attached hydrogen (secondary N) is 1. The number of rotatable bonds is 12. The Balaban J connectivity index is 0.000000398. The molecule has 10 aromatic rings. The molecule has 0 amide bonds. The van der Waals surface area contributed by atoms with Crippen LogP contribution in [-0.2, 0) is 16.2 Å².